The van der Waals surface area contributed by atoms with E-state index in [9.17, 15) is 4.79 Å². The minimum absolute atomic E-state index is 0.261. The lowest BCUT2D eigenvalue weighted by molar-refractivity contribution is 0.0593. The minimum atomic E-state index is -0.469. The van der Waals surface area contributed by atoms with E-state index in [2.05, 4.69) is 23.9 Å². The first-order valence-corrected chi connectivity index (χ1v) is 8.86. The van der Waals surface area contributed by atoms with Crippen LogP contribution in [0.3, 0.4) is 0 Å². The second-order valence-corrected chi connectivity index (χ2v) is 6.62. The predicted octanol–water partition coefficient (Wildman–Crippen LogP) is 3.81. The Bertz CT molecular complexity index is 904. The lowest BCUT2D eigenvalue weighted by Gasteiger charge is -2.11. The van der Waals surface area contributed by atoms with Crippen molar-refractivity contribution in [3.8, 4) is 17.0 Å². The molecule has 140 valence electrons. The van der Waals surface area contributed by atoms with Crippen LogP contribution < -0.4 is 4.74 Å². The molecule has 0 fully saturated rings. The van der Waals surface area contributed by atoms with Crippen LogP contribution in [-0.2, 0) is 11.3 Å². The number of aromatic nitrogens is 3. The van der Waals surface area contributed by atoms with Crippen LogP contribution in [0.1, 0.15) is 30.0 Å². The van der Waals surface area contributed by atoms with Gasteiger partial charge in [-0.25, -0.2) is 4.79 Å². The van der Waals surface area contributed by atoms with Gasteiger partial charge in [0.2, 0.25) is 0 Å². The van der Waals surface area contributed by atoms with Gasteiger partial charge < -0.3 is 9.47 Å². The van der Waals surface area contributed by atoms with Crippen molar-refractivity contribution in [2.24, 2.45) is 5.92 Å². The lowest BCUT2D eigenvalue weighted by atomic mass is 10.1. The van der Waals surface area contributed by atoms with Crippen molar-refractivity contribution in [1.82, 2.24) is 14.8 Å². The Morgan fingerprint density at radius 2 is 2.00 bits per heavy atom. The van der Waals surface area contributed by atoms with Gasteiger partial charge in [0.15, 0.2) is 5.69 Å². The number of carbonyl (C=O) groups is 1. The van der Waals surface area contributed by atoms with Gasteiger partial charge in [-0.1, -0.05) is 32.0 Å². The van der Waals surface area contributed by atoms with Crippen LogP contribution in [0.5, 0.6) is 5.75 Å². The Morgan fingerprint density at radius 3 is 2.70 bits per heavy atom. The van der Waals surface area contributed by atoms with E-state index in [-0.39, 0.29) is 5.69 Å². The first-order valence-electron chi connectivity index (χ1n) is 8.86. The van der Waals surface area contributed by atoms with Crippen LogP contribution in [-0.4, -0.2) is 34.5 Å². The van der Waals surface area contributed by atoms with Crippen LogP contribution in [0.25, 0.3) is 11.3 Å². The molecule has 0 saturated carbocycles. The Labute approximate surface area is 158 Å². The van der Waals surface area contributed by atoms with E-state index in [0.717, 1.165) is 22.7 Å². The van der Waals surface area contributed by atoms with Gasteiger partial charge in [0.1, 0.15) is 5.75 Å². The summed E-state index contributed by atoms with van der Waals surface area (Å²) in [4.78, 5) is 16.3. The fraction of sp³-hybridized carbons (Fsp3) is 0.286. The lowest BCUT2D eigenvalue weighted by Crippen LogP contribution is -2.08. The molecule has 2 heterocycles. The Hall–Kier alpha value is -3.15. The van der Waals surface area contributed by atoms with E-state index in [0.29, 0.717) is 19.1 Å². The molecule has 6 nitrogen and oxygen atoms in total. The zero-order chi connectivity index (χ0) is 19.2. The molecule has 0 unspecified atom stereocenters. The molecule has 1 aromatic carbocycles. The number of nitrogens with zero attached hydrogens (tertiary/aromatic N) is 3. The standard InChI is InChI=1S/C21H23N3O3/c1-15(2)14-27-18-9-6-7-16(11-18)20-12-19(21(25)26-3)23-24(20)13-17-8-4-5-10-22-17/h4-12,15H,13-14H2,1-3H3. The number of pyridine rings is 1. The van der Waals surface area contributed by atoms with Crippen molar-refractivity contribution < 1.29 is 14.3 Å². The Kier molecular flexibility index (Phi) is 5.86. The quantitative estimate of drug-likeness (QED) is 0.596. The number of hydrogen-bond acceptors (Lipinski definition) is 5. The molecule has 0 aliphatic carbocycles. The van der Waals surface area contributed by atoms with Gasteiger partial charge in [0.05, 0.1) is 31.6 Å². The number of methoxy groups -OCH3 is 1. The number of carbonyl (C=O) groups excluding carboxylic acids is 1. The van der Waals surface area contributed by atoms with Crippen LogP contribution in [0, 0.1) is 5.92 Å². The summed E-state index contributed by atoms with van der Waals surface area (Å²) in [7, 11) is 1.35. The Balaban J connectivity index is 1.96. The van der Waals surface area contributed by atoms with Crippen molar-refractivity contribution in [3.63, 3.8) is 0 Å². The van der Waals surface area contributed by atoms with E-state index in [1.54, 1.807) is 16.9 Å². The normalized spacial score (nSPS) is 10.8. The van der Waals surface area contributed by atoms with Gasteiger partial charge in [0.25, 0.3) is 0 Å². The minimum Gasteiger partial charge on any atom is -0.493 e. The number of esters is 1. The fourth-order valence-corrected chi connectivity index (χ4v) is 2.63. The predicted molar refractivity (Wildman–Crippen MR) is 103 cm³/mol. The molecule has 0 radical (unpaired) electrons. The van der Waals surface area contributed by atoms with Gasteiger partial charge in [-0.2, -0.15) is 5.10 Å². The van der Waals surface area contributed by atoms with Crippen molar-refractivity contribution in [2.75, 3.05) is 13.7 Å². The van der Waals surface area contributed by atoms with Crippen LogP contribution in [0.4, 0.5) is 0 Å². The second-order valence-electron chi connectivity index (χ2n) is 6.62. The van der Waals surface area contributed by atoms with Crippen LogP contribution in [0.15, 0.2) is 54.7 Å². The number of hydrogen-bond donors (Lipinski definition) is 0. The molecule has 3 aromatic rings. The molecule has 0 aliphatic heterocycles. The largest absolute Gasteiger partial charge is 0.493 e. The topological polar surface area (TPSA) is 66.2 Å². The summed E-state index contributed by atoms with van der Waals surface area (Å²) in [6.45, 7) is 5.30. The monoisotopic (exact) mass is 365 g/mol. The maximum Gasteiger partial charge on any atom is 0.358 e. The van der Waals surface area contributed by atoms with Crippen LogP contribution >= 0.6 is 0 Å². The summed E-state index contributed by atoms with van der Waals surface area (Å²) in [5.74, 6) is 0.754. The zero-order valence-electron chi connectivity index (χ0n) is 15.8. The number of benzene rings is 1. The summed E-state index contributed by atoms with van der Waals surface area (Å²) in [6, 6.07) is 15.2. The van der Waals surface area contributed by atoms with Crippen molar-refractivity contribution >= 4 is 5.97 Å². The van der Waals surface area contributed by atoms with E-state index < -0.39 is 5.97 Å². The van der Waals surface area contributed by atoms with E-state index >= 15 is 0 Å². The average molecular weight is 365 g/mol. The molecule has 0 spiro atoms. The maximum atomic E-state index is 12.0. The van der Waals surface area contributed by atoms with E-state index in [1.807, 2.05) is 42.5 Å². The highest BCUT2D eigenvalue weighted by Crippen LogP contribution is 2.26. The molecule has 2 aromatic heterocycles. The summed E-state index contributed by atoms with van der Waals surface area (Å²) >= 11 is 0. The molecule has 0 saturated heterocycles. The molecular formula is C21H23N3O3. The van der Waals surface area contributed by atoms with Crippen molar-refractivity contribution in [2.45, 2.75) is 20.4 Å². The third-order valence-corrected chi connectivity index (χ3v) is 3.93. The van der Waals surface area contributed by atoms with Gasteiger partial charge in [-0.15, -0.1) is 0 Å². The third kappa shape index (κ3) is 4.73. The van der Waals surface area contributed by atoms with Crippen molar-refractivity contribution in [1.29, 1.82) is 0 Å². The van der Waals surface area contributed by atoms with Crippen LogP contribution in [0.2, 0.25) is 0 Å². The maximum absolute atomic E-state index is 12.0. The second kappa shape index (κ2) is 8.49. The molecule has 0 aliphatic rings. The van der Waals surface area contributed by atoms with Gasteiger partial charge in [0, 0.05) is 11.8 Å². The highest BCUT2D eigenvalue weighted by atomic mass is 16.5. The molecule has 6 heteroatoms. The number of ether oxygens (including phenoxy) is 2. The third-order valence-electron chi connectivity index (χ3n) is 3.93. The van der Waals surface area contributed by atoms with E-state index in [4.69, 9.17) is 9.47 Å². The summed E-state index contributed by atoms with van der Waals surface area (Å²) in [5.41, 5.74) is 2.83. The summed E-state index contributed by atoms with van der Waals surface area (Å²) < 4.78 is 12.4. The van der Waals surface area contributed by atoms with Crippen molar-refractivity contribution in [3.05, 3.63) is 66.1 Å². The van der Waals surface area contributed by atoms with Gasteiger partial charge >= 0.3 is 5.97 Å². The summed E-state index contributed by atoms with van der Waals surface area (Å²) in [5, 5.41) is 4.42. The molecular weight excluding hydrogens is 342 g/mol. The molecule has 0 atom stereocenters. The smallest absolute Gasteiger partial charge is 0.358 e. The molecule has 27 heavy (non-hydrogen) atoms. The SMILES string of the molecule is COC(=O)c1cc(-c2cccc(OCC(C)C)c2)n(Cc2ccccn2)n1. The molecule has 0 bridgehead atoms. The van der Waals surface area contributed by atoms with E-state index in [1.165, 1.54) is 7.11 Å². The number of rotatable bonds is 7. The average Bonchev–Trinajstić information content (AvgIpc) is 3.10. The summed E-state index contributed by atoms with van der Waals surface area (Å²) in [6.07, 6.45) is 1.74. The Morgan fingerprint density at radius 1 is 1.15 bits per heavy atom. The zero-order valence-corrected chi connectivity index (χ0v) is 15.8. The first kappa shape index (κ1) is 18.6. The van der Waals surface area contributed by atoms with Gasteiger partial charge in [-0.3, -0.25) is 9.67 Å². The molecule has 0 N–H and O–H groups in total. The highest BCUT2D eigenvalue weighted by Gasteiger charge is 2.17. The highest BCUT2D eigenvalue weighted by molar-refractivity contribution is 5.88. The first-order chi connectivity index (χ1) is 13.1. The fourth-order valence-electron chi connectivity index (χ4n) is 2.63. The molecule has 0 amide bonds. The van der Waals surface area contributed by atoms with Gasteiger partial charge in [-0.05, 0) is 36.2 Å². The molecule has 3 rings (SSSR count).